The number of para-hydroxylation sites is 1. The summed E-state index contributed by atoms with van der Waals surface area (Å²) in [4.78, 5) is 6.49. The van der Waals surface area contributed by atoms with Crippen LogP contribution in [0.3, 0.4) is 0 Å². The number of nitrogens with one attached hydrogen (secondary N) is 1. The molecule has 1 atom stereocenters. The van der Waals surface area contributed by atoms with Gasteiger partial charge >= 0.3 is 6.36 Å². The Labute approximate surface area is 228 Å². The molecule has 6 nitrogen and oxygen atoms in total. The number of aliphatic imine (C=N–C) groups is 1. The number of anilines is 2. The molecule has 0 aromatic heterocycles. The second-order valence-electron chi connectivity index (χ2n) is 9.25. The average Bonchev–Trinajstić information content (AvgIpc) is 3.33. The molecule has 1 unspecified atom stereocenters. The lowest BCUT2D eigenvalue weighted by atomic mass is 9.99. The van der Waals surface area contributed by atoms with E-state index in [-0.39, 0.29) is 16.9 Å². The third kappa shape index (κ3) is 6.06. The molecule has 198 valence electrons. The molecule has 0 spiro atoms. The van der Waals surface area contributed by atoms with Gasteiger partial charge in [0, 0.05) is 16.6 Å². The van der Waals surface area contributed by atoms with Gasteiger partial charge in [-0.2, -0.15) is 5.11 Å². The Morgan fingerprint density at radius 2 is 1.87 bits per heavy atom. The van der Waals surface area contributed by atoms with Crippen molar-refractivity contribution in [2.24, 2.45) is 15.2 Å². The van der Waals surface area contributed by atoms with Crippen molar-refractivity contribution in [2.45, 2.75) is 32.2 Å². The molecule has 0 bridgehead atoms. The highest BCUT2D eigenvalue weighted by Crippen LogP contribution is 2.31. The number of hydrogen-bond donors (Lipinski definition) is 1. The largest absolute Gasteiger partial charge is 0.573 e. The second-order valence-corrected chi connectivity index (χ2v) is 9.63. The van der Waals surface area contributed by atoms with Crippen molar-refractivity contribution >= 4 is 53.0 Å². The first-order valence-electron chi connectivity index (χ1n) is 12.2. The van der Waals surface area contributed by atoms with E-state index >= 15 is 0 Å². The Hall–Kier alpha value is -4.31. The quantitative estimate of drug-likeness (QED) is 0.299. The van der Waals surface area contributed by atoms with Crippen molar-refractivity contribution in [3.05, 3.63) is 94.4 Å². The van der Waals surface area contributed by atoms with Crippen molar-refractivity contribution in [1.82, 2.24) is 0 Å². The van der Waals surface area contributed by atoms with Crippen molar-refractivity contribution in [2.75, 3.05) is 10.2 Å². The Balaban J connectivity index is 1.31. The molecule has 0 saturated heterocycles. The smallest absolute Gasteiger partial charge is 0.406 e. The van der Waals surface area contributed by atoms with E-state index in [0.29, 0.717) is 11.6 Å². The average molecular weight is 548 g/mol. The van der Waals surface area contributed by atoms with E-state index in [9.17, 15) is 13.2 Å². The molecule has 3 aromatic rings. The van der Waals surface area contributed by atoms with Crippen LogP contribution >= 0.6 is 12.2 Å². The summed E-state index contributed by atoms with van der Waals surface area (Å²) in [7, 11) is 0. The molecule has 1 aliphatic heterocycles. The summed E-state index contributed by atoms with van der Waals surface area (Å²) in [6.07, 6.45) is 2.59. The van der Waals surface area contributed by atoms with Crippen LogP contribution in [0.2, 0.25) is 0 Å². The number of benzene rings is 3. The minimum absolute atomic E-state index is 0.168. The molecular formula is C29H24F3N5OS. The van der Waals surface area contributed by atoms with Crippen molar-refractivity contribution in [3.8, 4) is 5.75 Å². The molecule has 1 aliphatic carbocycles. The SMILES string of the molecule is CC(C)c1ccccc1NC(=S)/N=N\C=c1/ccc2c(c1)C=CC1C=2N=CN1c1ccc(OC(F)(F)F)cc1. The zero-order valence-corrected chi connectivity index (χ0v) is 21.9. The maximum atomic E-state index is 12.5. The number of azo groups is 1. The summed E-state index contributed by atoms with van der Waals surface area (Å²) in [5.74, 6) is 0.0738. The number of halogens is 3. The van der Waals surface area contributed by atoms with Crippen LogP contribution in [0.15, 0.2) is 88.0 Å². The lowest BCUT2D eigenvalue weighted by Gasteiger charge is -2.24. The minimum Gasteiger partial charge on any atom is -0.406 e. The van der Waals surface area contributed by atoms with Crippen molar-refractivity contribution in [3.63, 3.8) is 0 Å². The van der Waals surface area contributed by atoms with Crippen LogP contribution in [0.5, 0.6) is 5.75 Å². The summed E-state index contributed by atoms with van der Waals surface area (Å²) in [5.41, 5.74) is 4.60. The van der Waals surface area contributed by atoms with Crippen LogP contribution in [-0.4, -0.2) is 23.9 Å². The van der Waals surface area contributed by atoms with Gasteiger partial charge in [0.15, 0.2) is 0 Å². The highest BCUT2D eigenvalue weighted by atomic mass is 32.1. The van der Waals surface area contributed by atoms with E-state index < -0.39 is 6.36 Å². The summed E-state index contributed by atoms with van der Waals surface area (Å²) >= 11 is 5.34. The van der Waals surface area contributed by atoms with Gasteiger partial charge in [-0.1, -0.05) is 56.3 Å². The fraction of sp³-hybridized carbons (Fsp3) is 0.172. The van der Waals surface area contributed by atoms with Crippen LogP contribution in [-0.2, 0) is 0 Å². The van der Waals surface area contributed by atoms with E-state index in [1.54, 1.807) is 24.7 Å². The Kier molecular flexibility index (Phi) is 7.30. The van der Waals surface area contributed by atoms with Gasteiger partial charge in [-0.05, 0) is 70.9 Å². The van der Waals surface area contributed by atoms with Gasteiger partial charge in [-0.15, -0.1) is 18.3 Å². The van der Waals surface area contributed by atoms with Crippen molar-refractivity contribution in [1.29, 1.82) is 0 Å². The maximum absolute atomic E-state index is 12.5. The van der Waals surface area contributed by atoms with Crippen LogP contribution < -0.4 is 25.4 Å². The summed E-state index contributed by atoms with van der Waals surface area (Å²) in [5, 5.41) is 13.5. The third-order valence-electron chi connectivity index (χ3n) is 6.26. The maximum Gasteiger partial charge on any atom is 0.573 e. The second kappa shape index (κ2) is 10.8. The number of thiocarbonyl (C=S) groups is 1. The summed E-state index contributed by atoms with van der Waals surface area (Å²) in [6, 6.07) is 19.4. The number of fused-ring (bicyclic) bond motifs is 2. The molecule has 0 saturated carbocycles. The van der Waals surface area contributed by atoms with E-state index in [4.69, 9.17) is 12.2 Å². The first-order valence-corrected chi connectivity index (χ1v) is 12.6. The van der Waals surface area contributed by atoms with Gasteiger partial charge in [-0.3, -0.25) is 0 Å². The molecule has 10 heteroatoms. The number of alkyl halides is 3. The molecule has 2 aliphatic rings. The van der Waals surface area contributed by atoms with Gasteiger partial charge in [0.25, 0.3) is 0 Å². The molecule has 0 amide bonds. The number of ether oxygens (including phenoxy) is 1. The Morgan fingerprint density at radius 3 is 2.62 bits per heavy atom. The van der Waals surface area contributed by atoms with E-state index in [1.807, 2.05) is 53.5 Å². The van der Waals surface area contributed by atoms with Crippen LogP contribution in [0.4, 0.5) is 24.5 Å². The predicted octanol–water partition coefficient (Wildman–Crippen LogP) is 6.35. The number of nitrogens with zero attached hydrogens (tertiary/aromatic N) is 4. The van der Waals surface area contributed by atoms with Gasteiger partial charge in [0.1, 0.15) is 5.75 Å². The first kappa shape index (κ1) is 26.3. The molecule has 1 N–H and O–H groups in total. The molecule has 5 rings (SSSR count). The third-order valence-corrected chi connectivity index (χ3v) is 6.44. The zero-order chi connectivity index (χ0) is 27.6. The highest BCUT2D eigenvalue weighted by molar-refractivity contribution is 7.80. The van der Waals surface area contributed by atoms with Crippen LogP contribution in [0.25, 0.3) is 18.0 Å². The highest BCUT2D eigenvalue weighted by Gasteiger charge is 2.31. The first-order chi connectivity index (χ1) is 18.7. The van der Waals surface area contributed by atoms with Gasteiger partial charge in [0.05, 0.1) is 24.3 Å². The summed E-state index contributed by atoms with van der Waals surface area (Å²) in [6.45, 7) is 4.24. The molecule has 39 heavy (non-hydrogen) atoms. The van der Waals surface area contributed by atoms with Gasteiger partial charge in [0.2, 0.25) is 5.11 Å². The normalized spacial score (nSPS) is 16.7. The Morgan fingerprint density at radius 1 is 1.10 bits per heavy atom. The summed E-state index contributed by atoms with van der Waals surface area (Å²) < 4.78 is 41.4. The zero-order valence-electron chi connectivity index (χ0n) is 21.1. The van der Waals surface area contributed by atoms with E-state index in [0.717, 1.165) is 32.9 Å². The lowest BCUT2D eigenvalue weighted by Crippen LogP contribution is -2.33. The molecular weight excluding hydrogens is 523 g/mol. The van der Waals surface area contributed by atoms with Crippen molar-refractivity contribution < 1.29 is 17.9 Å². The standard InChI is InChI=1S/C29H24F3N5OS/c1-18(2)23-5-3-4-6-25(23)35-28(39)36-34-16-19-7-13-24-20(15-19)8-14-26-27(24)33-17-37(26)21-9-11-22(12-10-21)38-29(30,31)32/h3-18,26H,1-2H3,(H,35,39)/b19-16+,36-34-. The van der Waals surface area contributed by atoms with Gasteiger partial charge < -0.3 is 15.0 Å². The van der Waals surface area contributed by atoms with E-state index in [1.165, 1.54) is 12.1 Å². The lowest BCUT2D eigenvalue weighted by molar-refractivity contribution is -0.274. The Bertz CT molecular complexity index is 1610. The fourth-order valence-electron chi connectivity index (χ4n) is 4.49. The molecule has 3 aromatic carbocycles. The minimum atomic E-state index is -4.73. The van der Waals surface area contributed by atoms with E-state index in [2.05, 4.69) is 45.2 Å². The molecule has 1 heterocycles. The van der Waals surface area contributed by atoms with Crippen LogP contribution in [0, 0.1) is 0 Å². The molecule has 0 radical (unpaired) electrons. The van der Waals surface area contributed by atoms with Crippen LogP contribution in [0.1, 0.15) is 30.9 Å². The number of rotatable bonds is 5. The predicted molar refractivity (Wildman–Crippen MR) is 152 cm³/mol. The fourth-order valence-corrected chi connectivity index (χ4v) is 4.65. The topological polar surface area (TPSA) is 61.6 Å². The van der Waals surface area contributed by atoms with Gasteiger partial charge in [-0.25, -0.2) is 4.99 Å². The molecule has 0 fully saturated rings. The monoisotopic (exact) mass is 547 g/mol. The number of hydrogen-bond acceptors (Lipinski definition) is 5.